The van der Waals surface area contributed by atoms with Crippen LogP contribution in [0.4, 0.5) is 4.79 Å². The minimum Gasteiger partial charge on any atom is -0.444 e. The predicted molar refractivity (Wildman–Crippen MR) is 76.7 cm³/mol. The first-order valence-corrected chi connectivity index (χ1v) is 6.39. The molecule has 2 amide bonds. The summed E-state index contributed by atoms with van der Waals surface area (Å²) in [5.74, 6) is -0.472. The fourth-order valence-electron chi connectivity index (χ4n) is 2.01. The Morgan fingerprint density at radius 2 is 1.95 bits per heavy atom. The number of amides is 2. The number of aromatic nitrogens is 1. The number of hydrogen-bond donors (Lipinski definition) is 2. The first-order chi connectivity index (χ1) is 9.28. The van der Waals surface area contributed by atoms with E-state index in [0.717, 1.165) is 16.5 Å². The minimum absolute atomic E-state index is 0.434. The van der Waals surface area contributed by atoms with Gasteiger partial charge in [-0.05, 0) is 39.3 Å². The van der Waals surface area contributed by atoms with Gasteiger partial charge in [0.2, 0.25) is 0 Å². The highest BCUT2D eigenvalue weighted by atomic mass is 16.6. The molecule has 0 atom stereocenters. The first kappa shape index (κ1) is 14.1. The first-order valence-electron chi connectivity index (χ1n) is 6.39. The van der Waals surface area contributed by atoms with E-state index in [-0.39, 0.29) is 0 Å². The molecule has 0 bridgehead atoms. The summed E-state index contributed by atoms with van der Waals surface area (Å²) in [7, 11) is 0. The van der Waals surface area contributed by atoms with E-state index in [9.17, 15) is 9.59 Å². The fraction of sp³-hybridized carbons (Fsp3) is 0.333. The Morgan fingerprint density at radius 1 is 1.25 bits per heavy atom. The van der Waals surface area contributed by atoms with E-state index in [2.05, 4.69) is 10.3 Å². The lowest BCUT2D eigenvalue weighted by Crippen LogP contribution is -2.36. The molecular formula is C15H18N2O3. The topological polar surface area (TPSA) is 71.2 Å². The number of aromatic amines is 1. The van der Waals surface area contributed by atoms with Gasteiger partial charge in [-0.25, -0.2) is 4.79 Å². The molecule has 0 aliphatic heterocycles. The quantitative estimate of drug-likeness (QED) is 0.839. The van der Waals surface area contributed by atoms with Crippen LogP contribution in [-0.2, 0) is 4.74 Å². The van der Waals surface area contributed by atoms with Gasteiger partial charge in [0.15, 0.2) is 0 Å². The SMILES string of the molecule is Cc1cccc2[nH]cc(C(=O)NC(=O)OC(C)(C)C)c12. The van der Waals surface area contributed by atoms with Crippen molar-refractivity contribution in [1.82, 2.24) is 10.3 Å². The molecule has 1 heterocycles. The van der Waals surface area contributed by atoms with Gasteiger partial charge >= 0.3 is 6.09 Å². The number of carbonyl (C=O) groups is 2. The van der Waals surface area contributed by atoms with Crippen molar-refractivity contribution in [3.05, 3.63) is 35.5 Å². The largest absolute Gasteiger partial charge is 0.444 e. The zero-order valence-electron chi connectivity index (χ0n) is 12.0. The molecule has 2 rings (SSSR count). The maximum absolute atomic E-state index is 12.1. The van der Waals surface area contributed by atoms with Crippen molar-refractivity contribution in [3.8, 4) is 0 Å². The Balaban J connectivity index is 2.22. The van der Waals surface area contributed by atoms with Crippen LogP contribution in [0.1, 0.15) is 36.7 Å². The van der Waals surface area contributed by atoms with Crippen molar-refractivity contribution in [2.75, 3.05) is 0 Å². The zero-order chi connectivity index (χ0) is 14.9. The van der Waals surface area contributed by atoms with Gasteiger partial charge in [0.05, 0.1) is 5.56 Å². The Kier molecular flexibility index (Phi) is 3.53. The van der Waals surface area contributed by atoms with Gasteiger partial charge in [0, 0.05) is 17.1 Å². The van der Waals surface area contributed by atoms with E-state index in [0.29, 0.717) is 5.56 Å². The van der Waals surface area contributed by atoms with Gasteiger partial charge in [-0.1, -0.05) is 12.1 Å². The van der Waals surface area contributed by atoms with Crippen molar-refractivity contribution < 1.29 is 14.3 Å². The van der Waals surface area contributed by atoms with Gasteiger partial charge in [0.25, 0.3) is 5.91 Å². The maximum atomic E-state index is 12.1. The predicted octanol–water partition coefficient (Wildman–Crippen LogP) is 3.14. The van der Waals surface area contributed by atoms with Gasteiger partial charge in [0.1, 0.15) is 5.60 Å². The van der Waals surface area contributed by atoms with Crippen LogP contribution >= 0.6 is 0 Å². The van der Waals surface area contributed by atoms with Crippen LogP contribution in [0.5, 0.6) is 0 Å². The molecule has 20 heavy (non-hydrogen) atoms. The Morgan fingerprint density at radius 3 is 2.60 bits per heavy atom. The van der Waals surface area contributed by atoms with E-state index < -0.39 is 17.6 Å². The molecule has 5 heteroatoms. The van der Waals surface area contributed by atoms with Crippen LogP contribution in [-0.4, -0.2) is 22.6 Å². The molecule has 0 unspecified atom stereocenters. The summed E-state index contributed by atoms with van der Waals surface area (Å²) in [6.07, 6.45) is 0.850. The Bertz CT molecular complexity index is 665. The summed E-state index contributed by atoms with van der Waals surface area (Å²) in [5, 5.41) is 3.05. The third kappa shape index (κ3) is 2.99. The maximum Gasteiger partial charge on any atom is 0.414 e. The van der Waals surface area contributed by atoms with E-state index in [1.807, 2.05) is 25.1 Å². The number of alkyl carbamates (subject to hydrolysis) is 1. The number of rotatable bonds is 1. The van der Waals surface area contributed by atoms with Gasteiger partial charge in [-0.2, -0.15) is 0 Å². The number of aryl methyl sites for hydroxylation is 1. The molecule has 0 saturated carbocycles. The smallest absolute Gasteiger partial charge is 0.414 e. The van der Waals surface area contributed by atoms with Crippen LogP contribution in [0.3, 0.4) is 0 Å². The van der Waals surface area contributed by atoms with Crippen LogP contribution < -0.4 is 5.32 Å². The Labute approximate surface area is 117 Å². The number of H-pyrrole nitrogens is 1. The highest BCUT2D eigenvalue weighted by Gasteiger charge is 2.20. The molecule has 1 aromatic heterocycles. The third-order valence-corrected chi connectivity index (χ3v) is 2.77. The molecule has 106 valence electrons. The second kappa shape index (κ2) is 5.00. The fourth-order valence-corrected chi connectivity index (χ4v) is 2.01. The number of fused-ring (bicyclic) bond motifs is 1. The van der Waals surface area contributed by atoms with E-state index in [1.165, 1.54) is 0 Å². The normalized spacial score (nSPS) is 11.4. The molecule has 0 aliphatic rings. The molecule has 0 saturated heterocycles. The molecular weight excluding hydrogens is 256 g/mol. The van der Waals surface area contributed by atoms with Gasteiger partial charge < -0.3 is 9.72 Å². The number of hydrogen-bond acceptors (Lipinski definition) is 3. The Hall–Kier alpha value is -2.30. The van der Waals surface area contributed by atoms with E-state index >= 15 is 0 Å². The average molecular weight is 274 g/mol. The average Bonchev–Trinajstić information content (AvgIpc) is 2.71. The minimum atomic E-state index is -0.745. The van der Waals surface area contributed by atoms with Crippen molar-refractivity contribution >= 4 is 22.9 Å². The molecule has 5 nitrogen and oxygen atoms in total. The van der Waals surface area contributed by atoms with Gasteiger partial charge in [-0.3, -0.25) is 10.1 Å². The lowest BCUT2D eigenvalue weighted by Gasteiger charge is -2.19. The summed E-state index contributed by atoms with van der Waals surface area (Å²) in [5.41, 5.74) is 1.63. The van der Waals surface area contributed by atoms with E-state index in [1.54, 1.807) is 27.0 Å². The van der Waals surface area contributed by atoms with Crippen LogP contribution in [0.2, 0.25) is 0 Å². The summed E-state index contributed by atoms with van der Waals surface area (Å²) in [4.78, 5) is 26.8. The van der Waals surface area contributed by atoms with Crippen molar-refractivity contribution in [1.29, 1.82) is 0 Å². The summed E-state index contributed by atoms with van der Waals surface area (Å²) >= 11 is 0. The molecule has 0 radical (unpaired) electrons. The monoisotopic (exact) mass is 274 g/mol. The highest BCUT2D eigenvalue weighted by Crippen LogP contribution is 2.22. The summed E-state index contributed by atoms with van der Waals surface area (Å²) < 4.78 is 5.07. The highest BCUT2D eigenvalue weighted by molar-refractivity contribution is 6.12. The number of nitrogens with one attached hydrogen (secondary N) is 2. The lowest BCUT2D eigenvalue weighted by molar-refractivity contribution is 0.0508. The number of ether oxygens (including phenoxy) is 1. The third-order valence-electron chi connectivity index (χ3n) is 2.77. The van der Waals surface area contributed by atoms with Crippen LogP contribution in [0, 0.1) is 6.92 Å². The molecule has 0 spiro atoms. The second-order valence-electron chi connectivity index (χ2n) is 5.66. The standard InChI is InChI=1S/C15H18N2O3/c1-9-6-5-7-11-12(9)10(8-16-11)13(18)17-14(19)20-15(2,3)4/h5-8,16H,1-4H3,(H,17,18,19). The van der Waals surface area contributed by atoms with Crippen molar-refractivity contribution in [2.45, 2.75) is 33.3 Å². The number of benzene rings is 1. The van der Waals surface area contributed by atoms with Crippen LogP contribution in [0.25, 0.3) is 10.9 Å². The van der Waals surface area contributed by atoms with Crippen molar-refractivity contribution in [2.24, 2.45) is 0 Å². The summed E-state index contributed by atoms with van der Waals surface area (Å²) in [6.45, 7) is 7.15. The number of imide groups is 1. The lowest BCUT2D eigenvalue weighted by atomic mass is 10.1. The van der Waals surface area contributed by atoms with Gasteiger partial charge in [-0.15, -0.1) is 0 Å². The second-order valence-corrected chi connectivity index (χ2v) is 5.66. The summed E-state index contributed by atoms with van der Waals surface area (Å²) in [6, 6.07) is 5.71. The zero-order valence-corrected chi connectivity index (χ0v) is 12.0. The molecule has 0 fully saturated rings. The molecule has 1 aromatic carbocycles. The number of carbonyl (C=O) groups excluding carboxylic acids is 2. The van der Waals surface area contributed by atoms with E-state index in [4.69, 9.17) is 4.74 Å². The van der Waals surface area contributed by atoms with Crippen LogP contribution in [0.15, 0.2) is 24.4 Å². The molecule has 0 aliphatic carbocycles. The van der Waals surface area contributed by atoms with Crippen molar-refractivity contribution in [3.63, 3.8) is 0 Å². The molecule has 2 aromatic rings. The molecule has 2 N–H and O–H groups in total.